The predicted octanol–water partition coefficient (Wildman–Crippen LogP) is 4.08. The minimum atomic E-state index is -0.856. The van der Waals surface area contributed by atoms with E-state index in [0.717, 1.165) is 57.7 Å². The smallest absolute Gasteiger partial charge is 0.337 e. The molecule has 2 heterocycles. The second-order valence-electron chi connectivity index (χ2n) is 9.12. The van der Waals surface area contributed by atoms with E-state index >= 15 is 0 Å². The second kappa shape index (κ2) is 8.19. The highest BCUT2D eigenvalue weighted by Crippen LogP contribution is 2.42. The molecule has 0 saturated carbocycles. The van der Waals surface area contributed by atoms with Gasteiger partial charge in [0.15, 0.2) is 0 Å². The molecule has 0 aliphatic carbocycles. The van der Waals surface area contributed by atoms with Crippen LogP contribution in [0.15, 0.2) is 12.1 Å². The molecule has 5 nitrogen and oxygen atoms in total. The zero-order valence-electron chi connectivity index (χ0n) is 17.2. The number of carboxylic acids is 1. The Morgan fingerprint density at radius 2 is 1.78 bits per heavy atom. The van der Waals surface area contributed by atoms with E-state index in [-0.39, 0.29) is 11.5 Å². The second-order valence-corrected chi connectivity index (χ2v) is 9.12. The average molecular weight is 375 g/mol. The summed E-state index contributed by atoms with van der Waals surface area (Å²) in [5.41, 5.74) is 3.61. The van der Waals surface area contributed by atoms with Crippen molar-refractivity contribution < 1.29 is 14.6 Å². The van der Waals surface area contributed by atoms with Gasteiger partial charge >= 0.3 is 5.97 Å². The summed E-state index contributed by atoms with van der Waals surface area (Å²) in [6.45, 7) is 10.2. The number of aromatic carboxylic acids is 1. The summed E-state index contributed by atoms with van der Waals surface area (Å²) in [7, 11) is 2.17. The zero-order valence-corrected chi connectivity index (χ0v) is 17.2. The Kier molecular flexibility index (Phi) is 6.11. The minimum Gasteiger partial charge on any atom is -0.478 e. The topological polar surface area (TPSA) is 61.8 Å². The first-order chi connectivity index (χ1) is 12.8. The van der Waals surface area contributed by atoms with E-state index in [4.69, 9.17) is 4.74 Å². The van der Waals surface area contributed by atoms with Crippen LogP contribution in [-0.4, -0.2) is 55.4 Å². The fourth-order valence-corrected chi connectivity index (χ4v) is 4.46. The van der Waals surface area contributed by atoms with Crippen LogP contribution < -0.4 is 5.32 Å². The van der Waals surface area contributed by atoms with Crippen molar-refractivity contribution >= 4 is 11.7 Å². The number of likely N-dealkylation sites (tertiary alicyclic amines) is 1. The maximum absolute atomic E-state index is 12.0. The fraction of sp³-hybridized carbons (Fsp3) is 0.682. The number of anilines is 1. The first kappa shape index (κ1) is 20.2. The Bertz CT molecular complexity index is 667. The lowest BCUT2D eigenvalue weighted by atomic mass is 9.75. The van der Waals surface area contributed by atoms with Crippen LogP contribution in [0.2, 0.25) is 0 Å². The van der Waals surface area contributed by atoms with E-state index in [1.54, 1.807) is 0 Å². The highest BCUT2D eigenvalue weighted by Gasteiger charge is 2.31. The third-order valence-corrected chi connectivity index (χ3v) is 5.95. The van der Waals surface area contributed by atoms with Gasteiger partial charge in [0.05, 0.1) is 11.3 Å². The molecular weight excluding hydrogens is 340 g/mol. The Morgan fingerprint density at radius 1 is 1.15 bits per heavy atom. The van der Waals surface area contributed by atoms with Crippen LogP contribution in [0.4, 0.5) is 5.69 Å². The van der Waals surface area contributed by atoms with Crippen molar-refractivity contribution in [3.05, 3.63) is 28.8 Å². The molecule has 0 amide bonds. The lowest BCUT2D eigenvalue weighted by Crippen LogP contribution is -2.33. The van der Waals surface area contributed by atoms with Crippen LogP contribution in [0.1, 0.15) is 73.9 Å². The van der Waals surface area contributed by atoms with Crippen molar-refractivity contribution in [2.45, 2.75) is 63.8 Å². The van der Waals surface area contributed by atoms with E-state index in [1.165, 1.54) is 11.1 Å². The quantitative estimate of drug-likeness (QED) is 0.831. The number of hydrogen-bond donors (Lipinski definition) is 2. The molecule has 27 heavy (non-hydrogen) atoms. The van der Waals surface area contributed by atoms with E-state index in [9.17, 15) is 9.90 Å². The summed E-state index contributed by atoms with van der Waals surface area (Å²) in [6.07, 6.45) is 4.09. The van der Waals surface area contributed by atoms with Gasteiger partial charge in [-0.1, -0.05) is 26.8 Å². The number of carboxylic acid groups (broad SMARTS) is 1. The minimum absolute atomic E-state index is 0.127. The molecule has 0 unspecified atom stereocenters. The van der Waals surface area contributed by atoms with Gasteiger partial charge in [-0.15, -0.1) is 0 Å². The Balaban J connectivity index is 2.05. The van der Waals surface area contributed by atoms with Gasteiger partial charge in [-0.2, -0.15) is 0 Å². The molecule has 0 radical (unpaired) electrons. The van der Waals surface area contributed by atoms with Crippen molar-refractivity contribution in [2.75, 3.05) is 38.7 Å². The zero-order chi connectivity index (χ0) is 19.6. The molecule has 1 aromatic rings. The van der Waals surface area contributed by atoms with Gasteiger partial charge < -0.3 is 20.1 Å². The van der Waals surface area contributed by atoms with Crippen LogP contribution in [-0.2, 0) is 10.2 Å². The third-order valence-electron chi connectivity index (χ3n) is 5.95. The summed E-state index contributed by atoms with van der Waals surface area (Å²) in [4.78, 5) is 14.4. The maximum Gasteiger partial charge on any atom is 0.337 e. The molecule has 1 aromatic carbocycles. The van der Waals surface area contributed by atoms with Crippen molar-refractivity contribution in [3.63, 3.8) is 0 Å². The van der Waals surface area contributed by atoms with Gasteiger partial charge in [-0.25, -0.2) is 4.79 Å². The standard InChI is InChI=1S/C22H34N2O3/c1-22(2,3)19-17(15-7-11-24(4)12-8-15)5-6-18(21(25)26)20(19)23-16-9-13-27-14-10-16/h5-6,15-16,23H,7-14H2,1-4H3,(H,25,26). The molecule has 2 N–H and O–H groups in total. The Morgan fingerprint density at radius 3 is 2.33 bits per heavy atom. The number of nitrogens with one attached hydrogen (secondary N) is 1. The number of carbonyl (C=O) groups is 1. The fourth-order valence-electron chi connectivity index (χ4n) is 4.46. The summed E-state index contributed by atoms with van der Waals surface area (Å²) in [5.74, 6) is -0.363. The highest BCUT2D eigenvalue weighted by atomic mass is 16.5. The van der Waals surface area contributed by atoms with Gasteiger partial charge in [0.1, 0.15) is 0 Å². The summed E-state index contributed by atoms with van der Waals surface area (Å²) in [5, 5.41) is 13.5. The molecule has 0 atom stereocenters. The molecule has 150 valence electrons. The predicted molar refractivity (Wildman–Crippen MR) is 109 cm³/mol. The number of rotatable bonds is 4. The lowest BCUT2D eigenvalue weighted by molar-refractivity contribution is 0.0697. The molecular formula is C22H34N2O3. The molecule has 5 heteroatoms. The molecule has 0 aromatic heterocycles. The Labute approximate surface area is 163 Å². The third kappa shape index (κ3) is 4.64. The van der Waals surface area contributed by atoms with Gasteiger partial charge in [-0.3, -0.25) is 0 Å². The van der Waals surface area contributed by atoms with E-state index in [2.05, 4.69) is 44.1 Å². The number of nitrogens with zero attached hydrogens (tertiary/aromatic N) is 1. The first-order valence-corrected chi connectivity index (χ1v) is 10.2. The molecule has 0 spiro atoms. The van der Waals surface area contributed by atoms with Gasteiger partial charge in [0.2, 0.25) is 0 Å². The number of piperidine rings is 1. The Hall–Kier alpha value is -1.59. The first-order valence-electron chi connectivity index (χ1n) is 10.2. The maximum atomic E-state index is 12.0. The number of benzene rings is 1. The highest BCUT2D eigenvalue weighted by molar-refractivity contribution is 5.96. The van der Waals surface area contributed by atoms with Crippen LogP contribution in [0.25, 0.3) is 0 Å². The number of hydrogen-bond acceptors (Lipinski definition) is 4. The SMILES string of the molecule is CN1CCC(c2ccc(C(=O)O)c(NC3CCOCC3)c2C(C)(C)C)CC1. The summed E-state index contributed by atoms with van der Waals surface area (Å²) >= 11 is 0. The van der Waals surface area contributed by atoms with Crippen LogP contribution in [0.5, 0.6) is 0 Å². The van der Waals surface area contributed by atoms with Crippen molar-refractivity contribution in [3.8, 4) is 0 Å². The van der Waals surface area contributed by atoms with Crippen molar-refractivity contribution in [2.24, 2.45) is 0 Å². The summed E-state index contributed by atoms with van der Waals surface area (Å²) < 4.78 is 5.48. The molecule has 2 fully saturated rings. The van der Waals surface area contributed by atoms with Gasteiger partial charge in [0.25, 0.3) is 0 Å². The molecule has 0 bridgehead atoms. The molecule has 3 rings (SSSR count). The van der Waals surface area contributed by atoms with Crippen LogP contribution in [0, 0.1) is 0 Å². The summed E-state index contributed by atoms with van der Waals surface area (Å²) in [6, 6.07) is 4.16. The van der Waals surface area contributed by atoms with E-state index in [1.807, 2.05) is 6.07 Å². The van der Waals surface area contributed by atoms with Crippen LogP contribution in [0.3, 0.4) is 0 Å². The lowest BCUT2D eigenvalue weighted by Gasteiger charge is -2.36. The van der Waals surface area contributed by atoms with E-state index < -0.39 is 5.97 Å². The monoisotopic (exact) mass is 374 g/mol. The largest absolute Gasteiger partial charge is 0.478 e. The van der Waals surface area contributed by atoms with Gasteiger partial charge in [-0.05, 0) is 74.3 Å². The average Bonchev–Trinajstić information content (AvgIpc) is 2.61. The van der Waals surface area contributed by atoms with Crippen molar-refractivity contribution in [1.82, 2.24) is 4.90 Å². The normalized spacial score (nSPS) is 20.6. The van der Waals surface area contributed by atoms with Gasteiger partial charge in [0, 0.05) is 19.3 Å². The van der Waals surface area contributed by atoms with Crippen molar-refractivity contribution in [1.29, 1.82) is 0 Å². The molecule has 2 saturated heterocycles. The van der Waals surface area contributed by atoms with E-state index in [0.29, 0.717) is 11.5 Å². The van der Waals surface area contributed by atoms with Crippen LogP contribution >= 0.6 is 0 Å². The molecule has 2 aliphatic rings. The molecule has 2 aliphatic heterocycles. The number of ether oxygens (including phenoxy) is 1.